The zero-order valence-electron chi connectivity index (χ0n) is 10.8. The van der Waals surface area contributed by atoms with Crippen molar-refractivity contribution in [1.82, 2.24) is 0 Å². The third kappa shape index (κ3) is 2.23. The Bertz CT molecular complexity index is 503. The smallest absolute Gasteiger partial charge is 0.317 e. The van der Waals surface area contributed by atoms with Crippen LogP contribution in [-0.4, -0.2) is 11.9 Å². The van der Waals surface area contributed by atoms with Crippen molar-refractivity contribution in [2.75, 3.05) is 0 Å². The van der Waals surface area contributed by atoms with E-state index in [2.05, 4.69) is 0 Å². The summed E-state index contributed by atoms with van der Waals surface area (Å²) >= 11 is 0. The van der Waals surface area contributed by atoms with Crippen molar-refractivity contribution in [3.05, 3.63) is 23.8 Å². The summed E-state index contributed by atoms with van der Waals surface area (Å²) in [6, 6.07) is 5.19. The van der Waals surface area contributed by atoms with Crippen LogP contribution in [0.2, 0.25) is 0 Å². The molecule has 1 aromatic carbocycles. The monoisotopic (exact) mass is 248 g/mol. The first-order valence-electron chi connectivity index (χ1n) is 5.99. The summed E-state index contributed by atoms with van der Waals surface area (Å²) in [4.78, 5) is 23.2. The van der Waals surface area contributed by atoms with E-state index in [1.54, 1.807) is 18.2 Å². The van der Waals surface area contributed by atoms with Crippen LogP contribution in [0.4, 0.5) is 0 Å². The van der Waals surface area contributed by atoms with Gasteiger partial charge in [-0.15, -0.1) is 0 Å². The topological polar surface area (TPSA) is 52.6 Å². The number of carbonyl (C=O) groups excluding carboxylic acids is 2. The van der Waals surface area contributed by atoms with Crippen molar-refractivity contribution in [2.45, 2.75) is 33.6 Å². The van der Waals surface area contributed by atoms with Crippen molar-refractivity contribution in [3.63, 3.8) is 0 Å². The largest absolute Gasteiger partial charge is 0.422 e. The lowest BCUT2D eigenvalue weighted by molar-refractivity contribution is -0.144. The fourth-order valence-electron chi connectivity index (χ4n) is 1.58. The molecule has 0 unspecified atom stereocenters. The SMILES string of the molecule is CCC(C)(C)C(=O)Oc1cccc2c1OC(=O)C2. The van der Waals surface area contributed by atoms with Crippen LogP contribution in [0.15, 0.2) is 18.2 Å². The second-order valence-electron chi connectivity index (χ2n) is 5.02. The molecule has 0 aromatic heterocycles. The number of para-hydroxylation sites is 1. The van der Waals surface area contributed by atoms with Crippen molar-refractivity contribution in [1.29, 1.82) is 0 Å². The number of ether oxygens (including phenoxy) is 2. The molecule has 1 aliphatic heterocycles. The maximum absolute atomic E-state index is 12.0. The number of rotatable bonds is 3. The van der Waals surface area contributed by atoms with Crippen molar-refractivity contribution in [2.24, 2.45) is 5.41 Å². The molecule has 0 N–H and O–H groups in total. The lowest BCUT2D eigenvalue weighted by Gasteiger charge is -2.20. The Balaban J connectivity index is 2.24. The van der Waals surface area contributed by atoms with Crippen LogP contribution in [0.5, 0.6) is 11.5 Å². The first-order chi connectivity index (χ1) is 8.44. The van der Waals surface area contributed by atoms with Gasteiger partial charge in [0.2, 0.25) is 0 Å². The number of benzene rings is 1. The Hall–Kier alpha value is -1.84. The molecule has 0 aliphatic carbocycles. The van der Waals surface area contributed by atoms with E-state index in [0.29, 0.717) is 17.9 Å². The van der Waals surface area contributed by atoms with Gasteiger partial charge in [0.1, 0.15) is 0 Å². The van der Waals surface area contributed by atoms with Crippen molar-refractivity contribution < 1.29 is 19.1 Å². The summed E-state index contributed by atoms with van der Waals surface area (Å²) in [6.45, 7) is 5.58. The molecule has 0 spiro atoms. The fourth-order valence-corrected chi connectivity index (χ4v) is 1.58. The van der Waals surface area contributed by atoms with Gasteiger partial charge in [0.15, 0.2) is 11.5 Å². The molecular weight excluding hydrogens is 232 g/mol. The van der Waals surface area contributed by atoms with Gasteiger partial charge in [-0.3, -0.25) is 9.59 Å². The fraction of sp³-hybridized carbons (Fsp3) is 0.429. The van der Waals surface area contributed by atoms with Crippen molar-refractivity contribution in [3.8, 4) is 11.5 Å². The Morgan fingerprint density at radius 1 is 1.44 bits per heavy atom. The highest BCUT2D eigenvalue weighted by molar-refractivity contribution is 5.84. The van der Waals surface area contributed by atoms with Crippen LogP contribution in [0.3, 0.4) is 0 Å². The third-order valence-electron chi connectivity index (χ3n) is 3.25. The van der Waals surface area contributed by atoms with Gasteiger partial charge < -0.3 is 9.47 Å². The second kappa shape index (κ2) is 4.44. The van der Waals surface area contributed by atoms with Crippen LogP contribution in [0, 0.1) is 5.41 Å². The lowest BCUT2D eigenvalue weighted by atomic mass is 9.91. The number of hydrogen-bond acceptors (Lipinski definition) is 4. The Labute approximate surface area is 106 Å². The number of carbonyl (C=O) groups is 2. The molecule has 1 aliphatic rings. The minimum absolute atomic E-state index is 0.234. The van der Waals surface area contributed by atoms with Crippen LogP contribution in [-0.2, 0) is 16.0 Å². The predicted octanol–water partition coefficient (Wildman–Crippen LogP) is 2.49. The molecule has 2 rings (SSSR count). The summed E-state index contributed by atoms with van der Waals surface area (Å²) in [7, 11) is 0. The predicted molar refractivity (Wildman–Crippen MR) is 65.5 cm³/mol. The van der Waals surface area contributed by atoms with Gasteiger partial charge in [0, 0.05) is 5.56 Å². The molecule has 4 nitrogen and oxygen atoms in total. The van der Waals surface area contributed by atoms with E-state index >= 15 is 0 Å². The first kappa shape index (κ1) is 12.6. The second-order valence-corrected chi connectivity index (χ2v) is 5.02. The molecule has 0 fully saturated rings. The number of fused-ring (bicyclic) bond motifs is 1. The van der Waals surface area contributed by atoms with Gasteiger partial charge in [-0.2, -0.15) is 0 Å². The molecule has 0 bridgehead atoms. The van der Waals surface area contributed by atoms with E-state index < -0.39 is 5.41 Å². The molecule has 96 valence electrons. The molecule has 4 heteroatoms. The van der Waals surface area contributed by atoms with E-state index in [1.165, 1.54) is 0 Å². The minimum Gasteiger partial charge on any atom is -0.422 e. The van der Waals surface area contributed by atoms with E-state index in [-0.39, 0.29) is 18.4 Å². The molecule has 1 heterocycles. The maximum atomic E-state index is 12.0. The highest BCUT2D eigenvalue weighted by Gasteiger charge is 2.30. The zero-order chi connectivity index (χ0) is 13.3. The summed E-state index contributed by atoms with van der Waals surface area (Å²) in [5, 5.41) is 0. The van der Waals surface area contributed by atoms with Gasteiger partial charge in [-0.1, -0.05) is 19.1 Å². The standard InChI is InChI=1S/C14H16O4/c1-4-14(2,3)13(16)17-10-7-5-6-9-8-11(15)18-12(9)10/h5-7H,4,8H2,1-3H3. The summed E-state index contributed by atoms with van der Waals surface area (Å²) in [6.07, 6.45) is 0.915. The molecule has 1 aromatic rings. The van der Waals surface area contributed by atoms with Crippen LogP contribution in [0.1, 0.15) is 32.8 Å². The van der Waals surface area contributed by atoms with Gasteiger partial charge >= 0.3 is 11.9 Å². The van der Waals surface area contributed by atoms with Crippen molar-refractivity contribution >= 4 is 11.9 Å². The summed E-state index contributed by atoms with van der Waals surface area (Å²) in [5.41, 5.74) is 0.213. The molecular formula is C14H16O4. The minimum atomic E-state index is -0.550. The van der Waals surface area contributed by atoms with Crippen LogP contribution >= 0.6 is 0 Å². The van der Waals surface area contributed by atoms with Gasteiger partial charge in [-0.05, 0) is 26.3 Å². The lowest BCUT2D eigenvalue weighted by Crippen LogP contribution is -2.28. The van der Waals surface area contributed by atoms with Crippen LogP contribution < -0.4 is 9.47 Å². The maximum Gasteiger partial charge on any atom is 0.317 e. The molecule has 18 heavy (non-hydrogen) atoms. The van der Waals surface area contributed by atoms with Gasteiger partial charge in [-0.25, -0.2) is 0 Å². The first-order valence-corrected chi connectivity index (χ1v) is 5.99. The average molecular weight is 248 g/mol. The Kier molecular flexibility index (Phi) is 3.11. The van der Waals surface area contributed by atoms with Crippen LogP contribution in [0.25, 0.3) is 0 Å². The number of esters is 2. The number of hydrogen-bond donors (Lipinski definition) is 0. The molecule has 0 saturated heterocycles. The average Bonchev–Trinajstić information content (AvgIpc) is 2.70. The summed E-state index contributed by atoms with van der Waals surface area (Å²) < 4.78 is 10.4. The molecule has 0 saturated carbocycles. The summed E-state index contributed by atoms with van der Waals surface area (Å²) in [5.74, 6) is 0.0669. The highest BCUT2D eigenvalue weighted by atomic mass is 16.6. The molecule has 0 amide bonds. The Morgan fingerprint density at radius 2 is 2.17 bits per heavy atom. The molecule has 0 atom stereocenters. The van der Waals surface area contributed by atoms with E-state index in [9.17, 15) is 9.59 Å². The van der Waals surface area contributed by atoms with Gasteiger partial charge in [0.25, 0.3) is 0 Å². The van der Waals surface area contributed by atoms with Gasteiger partial charge in [0.05, 0.1) is 11.8 Å². The Morgan fingerprint density at radius 3 is 2.83 bits per heavy atom. The normalized spacial score (nSPS) is 14.1. The quantitative estimate of drug-likeness (QED) is 0.609. The zero-order valence-corrected chi connectivity index (χ0v) is 10.8. The van der Waals surface area contributed by atoms with E-state index in [1.807, 2.05) is 20.8 Å². The third-order valence-corrected chi connectivity index (χ3v) is 3.25. The van der Waals surface area contributed by atoms with E-state index in [4.69, 9.17) is 9.47 Å². The van der Waals surface area contributed by atoms with E-state index in [0.717, 1.165) is 5.56 Å². The molecule has 0 radical (unpaired) electrons. The highest BCUT2D eigenvalue weighted by Crippen LogP contribution is 2.37.